The quantitative estimate of drug-likeness (QED) is 0.825. The minimum Gasteiger partial charge on any atom is -0.393 e. The molecule has 5 heteroatoms. The first-order valence-electron chi connectivity index (χ1n) is 6.56. The van der Waals surface area contributed by atoms with Gasteiger partial charge in [0.15, 0.2) is 0 Å². The van der Waals surface area contributed by atoms with Crippen molar-refractivity contribution in [3.63, 3.8) is 0 Å². The second-order valence-electron chi connectivity index (χ2n) is 4.90. The first-order valence-corrected chi connectivity index (χ1v) is 6.94. The van der Waals surface area contributed by atoms with E-state index in [4.69, 9.17) is 11.6 Å². The molecule has 1 aromatic rings. The van der Waals surface area contributed by atoms with Gasteiger partial charge in [0.1, 0.15) is 16.8 Å². The minimum absolute atomic E-state index is 0.180. The molecule has 2 rings (SSSR count). The number of nitrogens with one attached hydrogen (secondary N) is 1. The van der Waals surface area contributed by atoms with Crippen molar-refractivity contribution in [3.8, 4) is 0 Å². The summed E-state index contributed by atoms with van der Waals surface area (Å²) in [5, 5.41) is 13.6. The van der Waals surface area contributed by atoms with Crippen LogP contribution in [0.25, 0.3) is 0 Å². The van der Waals surface area contributed by atoms with Crippen LogP contribution in [0.5, 0.6) is 0 Å². The first-order chi connectivity index (χ1) is 8.61. The normalized spacial score (nSPS) is 23.3. The van der Waals surface area contributed by atoms with Crippen LogP contribution < -0.4 is 5.32 Å². The molecule has 1 fully saturated rings. The Morgan fingerprint density at radius 1 is 1.39 bits per heavy atom. The summed E-state index contributed by atoms with van der Waals surface area (Å²) in [6.45, 7) is 4.67. The van der Waals surface area contributed by atoms with E-state index in [1.165, 1.54) is 0 Å². The van der Waals surface area contributed by atoms with Crippen LogP contribution in [0.4, 0.5) is 5.82 Å². The number of nitrogens with zero attached hydrogens (tertiary/aromatic N) is 2. The van der Waals surface area contributed by atoms with Crippen molar-refractivity contribution >= 4 is 17.4 Å². The van der Waals surface area contributed by atoms with Crippen LogP contribution in [0.3, 0.4) is 0 Å². The average Bonchev–Trinajstić information content (AvgIpc) is 2.76. The van der Waals surface area contributed by atoms with Gasteiger partial charge >= 0.3 is 0 Å². The van der Waals surface area contributed by atoms with Gasteiger partial charge in [-0.3, -0.25) is 0 Å². The highest BCUT2D eigenvalue weighted by Crippen LogP contribution is 2.27. The molecule has 1 aromatic heterocycles. The second-order valence-corrected chi connectivity index (χ2v) is 5.26. The maximum absolute atomic E-state index is 9.79. The molecule has 0 bridgehead atoms. The Morgan fingerprint density at radius 2 is 2.17 bits per heavy atom. The molecule has 2 unspecified atom stereocenters. The van der Waals surface area contributed by atoms with Gasteiger partial charge in [-0.15, -0.1) is 0 Å². The van der Waals surface area contributed by atoms with Gasteiger partial charge in [-0.1, -0.05) is 24.9 Å². The van der Waals surface area contributed by atoms with Crippen LogP contribution >= 0.6 is 11.6 Å². The number of aliphatic hydroxyl groups is 1. The number of hydrogen-bond acceptors (Lipinski definition) is 4. The van der Waals surface area contributed by atoms with Crippen molar-refractivity contribution < 1.29 is 5.11 Å². The lowest BCUT2D eigenvalue weighted by Gasteiger charge is -2.17. The van der Waals surface area contributed by atoms with Gasteiger partial charge in [0.05, 0.1) is 6.10 Å². The SMILES string of the molecule is CCc1nc(Cl)c(C)c(NCC2CCCC2O)n1. The van der Waals surface area contributed by atoms with Crippen molar-refractivity contribution in [2.24, 2.45) is 5.92 Å². The van der Waals surface area contributed by atoms with E-state index in [0.717, 1.165) is 49.4 Å². The largest absolute Gasteiger partial charge is 0.393 e. The second kappa shape index (κ2) is 5.85. The van der Waals surface area contributed by atoms with Crippen LogP contribution in [0.15, 0.2) is 0 Å². The lowest BCUT2D eigenvalue weighted by molar-refractivity contribution is 0.138. The number of halogens is 1. The maximum Gasteiger partial charge on any atom is 0.137 e. The maximum atomic E-state index is 9.79. The highest BCUT2D eigenvalue weighted by molar-refractivity contribution is 6.30. The van der Waals surface area contributed by atoms with E-state index < -0.39 is 0 Å². The van der Waals surface area contributed by atoms with E-state index in [1.54, 1.807) is 0 Å². The Balaban J connectivity index is 2.06. The number of hydrogen-bond donors (Lipinski definition) is 2. The fourth-order valence-corrected chi connectivity index (χ4v) is 2.53. The summed E-state index contributed by atoms with van der Waals surface area (Å²) in [7, 11) is 0. The van der Waals surface area contributed by atoms with Gasteiger partial charge in [0.2, 0.25) is 0 Å². The van der Waals surface area contributed by atoms with Gasteiger partial charge in [0.25, 0.3) is 0 Å². The third kappa shape index (κ3) is 2.93. The van der Waals surface area contributed by atoms with Gasteiger partial charge in [-0.2, -0.15) is 0 Å². The van der Waals surface area contributed by atoms with Gasteiger partial charge in [-0.25, -0.2) is 9.97 Å². The van der Waals surface area contributed by atoms with Crippen LogP contribution in [-0.2, 0) is 6.42 Å². The third-order valence-corrected chi connectivity index (χ3v) is 3.97. The van der Waals surface area contributed by atoms with Crippen LogP contribution in [0, 0.1) is 12.8 Å². The molecule has 1 heterocycles. The molecule has 0 spiro atoms. The number of aryl methyl sites for hydroxylation is 1. The lowest BCUT2D eigenvalue weighted by Crippen LogP contribution is -2.23. The monoisotopic (exact) mass is 269 g/mol. The number of rotatable bonds is 4. The molecule has 1 aliphatic carbocycles. The summed E-state index contributed by atoms with van der Waals surface area (Å²) >= 11 is 6.08. The molecule has 1 aliphatic rings. The van der Waals surface area contributed by atoms with Crippen molar-refractivity contribution in [1.29, 1.82) is 0 Å². The molecular weight excluding hydrogens is 250 g/mol. The van der Waals surface area contributed by atoms with Crippen molar-refractivity contribution in [1.82, 2.24) is 9.97 Å². The predicted octanol–water partition coefficient (Wildman–Crippen LogP) is 2.57. The molecule has 18 heavy (non-hydrogen) atoms. The van der Waals surface area contributed by atoms with E-state index in [-0.39, 0.29) is 6.10 Å². The Morgan fingerprint density at radius 3 is 2.78 bits per heavy atom. The van der Waals surface area contributed by atoms with Crippen LogP contribution in [0.1, 0.15) is 37.6 Å². The fourth-order valence-electron chi connectivity index (χ4n) is 2.35. The molecule has 100 valence electrons. The summed E-state index contributed by atoms with van der Waals surface area (Å²) in [4.78, 5) is 8.66. The minimum atomic E-state index is -0.180. The van der Waals surface area contributed by atoms with E-state index in [0.29, 0.717) is 11.1 Å². The molecule has 2 atom stereocenters. The Labute approximate surface area is 113 Å². The van der Waals surface area contributed by atoms with Gasteiger partial charge in [-0.05, 0) is 19.8 Å². The van der Waals surface area contributed by atoms with E-state index >= 15 is 0 Å². The van der Waals surface area contributed by atoms with E-state index in [2.05, 4.69) is 15.3 Å². The zero-order valence-corrected chi connectivity index (χ0v) is 11.7. The smallest absolute Gasteiger partial charge is 0.137 e. The topological polar surface area (TPSA) is 58.0 Å². The standard InChI is InChI=1S/C13H20ClN3O/c1-3-11-16-12(14)8(2)13(17-11)15-7-9-5-4-6-10(9)18/h9-10,18H,3-7H2,1-2H3,(H,15,16,17). The highest BCUT2D eigenvalue weighted by Gasteiger charge is 2.25. The van der Waals surface area contributed by atoms with Crippen LogP contribution in [0.2, 0.25) is 5.15 Å². The van der Waals surface area contributed by atoms with Crippen molar-refractivity contribution in [2.45, 2.75) is 45.6 Å². The first kappa shape index (κ1) is 13.6. The molecule has 0 aromatic carbocycles. The average molecular weight is 270 g/mol. The molecule has 0 amide bonds. The zero-order valence-electron chi connectivity index (χ0n) is 10.9. The molecule has 0 aliphatic heterocycles. The number of aliphatic hydroxyl groups excluding tert-OH is 1. The zero-order chi connectivity index (χ0) is 13.1. The van der Waals surface area contributed by atoms with E-state index in [1.807, 2.05) is 13.8 Å². The van der Waals surface area contributed by atoms with Gasteiger partial charge < -0.3 is 10.4 Å². The summed E-state index contributed by atoms with van der Waals surface area (Å²) in [6.07, 6.45) is 3.68. The highest BCUT2D eigenvalue weighted by atomic mass is 35.5. The molecular formula is C13H20ClN3O. The summed E-state index contributed by atoms with van der Waals surface area (Å²) in [6, 6.07) is 0. The molecule has 2 N–H and O–H groups in total. The lowest BCUT2D eigenvalue weighted by atomic mass is 10.1. The van der Waals surface area contributed by atoms with Gasteiger partial charge in [0, 0.05) is 24.4 Å². The summed E-state index contributed by atoms with van der Waals surface area (Å²) < 4.78 is 0. The molecule has 1 saturated carbocycles. The molecule has 0 radical (unpaired) electrons. The number of anilines is 1. The predicted molar refractivity (Wildman–Crippen MR) is 73.0 cm³/mol. The van der Waals surface area contributed by atoms with Crippen LogP contribution in [-0.4, -0.2) is 27.7 Å². The Kier molecular flexibility index (Phi) is 4.40. The van der Waals surface area contributed by atoms with Crippen molar-refractivity contribution in [3.05, 3.63) is 16.5 Å². The summed E-state index contributed by atoms with van der Waals surface area (Å²) in [5.41, 5.74) is 0.876. The molecule has 0 saturated heterocycles. The summed E-state index contributed by atoms with van der Waals surface area (Å²) in [5.74, 6) is 1.87. The van der Waals surface area contributed by atoms with E-state index in [9.17, 15) is 5.11 Å². The number of aromatic nitrogens is 2. The Hall–Kier alpha value is -0.870. The molecule has 4 nitrogen and oxygen atoms in total. The Bertz CT molecular complexity index is 425. The van der Waals surface area contributed by atoms with Crippen molar-refractivity contribution in [2.75, 3.05) is 11.9 Å². The fraction of sp³-hybridized carbons (Fsp3) is 0.692. The third-order valence-electron chi connectivity index (χ3n) is 3.60.